The number of hydrogen-bond donors (Lipinski definition) is 1. The normalized spacial score (nSPS) is 11.3. The van der Waals surface area contributed by atoms with Crippen molar-refractivity contribution in [1.29, 1.82) is 0 Å². The summed E-state index contributed by atoms with van der Waals surface area (Å²) in [5.74, 6) is 0.710. The molecule has 0 aromatic carbocycles. The number of amides is 1. The largest absolute Gasteiger partial charge is 0.477 e. The molecule has 6 heteroatoms. The summed E-state index contributed by atoms with van der Waals surface area (Å²) < 4.78 is 7.05. The van der Waals surface area contributed by atoms with Gasteiger partial charge >= 0.3 is 0 Å². The van der Waals surface area contributed by atoms with E-state index in [1.165, 1.54) is 0 Å². The highest BCUT2D eigenvalue weighted by Gasteiger charge is 2.21. The van der Waals surface area contributed by atoms with Crippen LogP contribution in [0.5, 0.6) is 5.88 Å². The highest BCUT2D eigenvalue weighted by molar-refractivity contribution is 6.05. The van der Waals surface area contributed by atoms with Gasteiger partial charge in [-0.3, -0.25) is 9.48 Å². The van der Waals surface area contributed by atoms with Crippen LogP contribution >= 0.6 is 0 Å². The number of anilines is 1. The molecule has 0 saturated heterocycles. The Bertz CT molecular complexity index is 671. The Kier molecular flexibility index (Phi) is 4.49. The monoisotopic (exact) mass is 302 g/mol. The number of ether oxygens (including phenoxy) is 1. The zero-order valence-electron chi connectivity index (χ0n) is 13.7. The van der Waals surface area contributed by atoms with Crippen molar-refractivity contribution >= 4 is 11.7 Å². The van der Waals surface area contributed by atoms with Gasteiger partial charge in [0.2, 0.25) is 5.88 Å². The van der Waals surface area contributed by atoms with Gasteiger partial charge in [-0.1, -0.05) is 20.8 Å². The molecule has 0 spiro atoms. The Balaban J connectivity index is 2.25. The van der Waals surface area contributed by atoms with E-state index in [0.29, 0.717) is 23.9 Å². The molecular formula is C16H22N4O2. The molecule has 6 nitrogen and oxygen atoms in total. The van der Waals surface area contributed by atoms with Gasteiger partial charge in [0, 0.05) is 24.7 Å². The molecule has 2 aromatic heterocycles. The number of carbonyl (C=O) groups excluding carboxylic acids is 1. The van der Waals surface area contributed by atoms with Crippen LogP contribution in [0.15, 0.2) is 24.4 Å². The maximum atomic E-state index is 12.4. The first-order valence-corrected chi connectivity index (χ1v) is 7.26. The van der Waals surface area contributed by atoms with Gasteiger partial charge in [0.05, 0.1) is 12.3 Å². The summed E-state index contributed by atoms with van der Waals surface area (Å²) in [4.78, 5) is 16.5. The molecule has 118 valence electrons. The zero-order valence-corrected chi connectivity index (χ0v) is 13.7. The van der Waals surface area contributed by atoms with Crippen molar-refractivity contribution in [3.05, 3.63) is 35.7 Å². The molecule has 0 unspecified atom stereocenters. The molecule has 0 atom stereocenters. The van der Waals surface area contributed by atoms with Gasteiger partial charge in [0.1, 0.15) is 11.4 Å². The highest BCUT2D eigenvalue weighted by Crippen LogP contribution is 2.24. The molecular weight excluding hydrogens is 280 g/mol. The van der Waals surface area contributed by atoms with Gasteiger partial charge in [0.25, 0.3) is 5.91 Å². The van der Waals surface area contributed by atoms with Crippen molar-refractivity contribution in [2.75, 3.05) is 11.9 Å². The third kappa shape index (κ3) is 3.44. The van der Waals surface area contributed by atoms with Gasteiger partial charge in [-0.2, -0.15) is 5.10 Å². The van der Waals surface area contributed by atoms with Gasteiger partial charge in [-0.15, -0.1) is 0 Å². The summed E-state index contributed by atoms with van der Waals surface area (Å²) in [6.45, 7) is 8.55. The van der Waals surface area contributed by atoms with Crippen LogP contribution in [0.25, 0.3) is 0 Å². The minimum Gasteiger partial charge on any atom is -0.477 e. The molecule has 0 radical (unpaired) electrons. The van der Waals surface area contributed by atoms with Crippen molar-refractivity contribution in [2.24, 2.45) is 7.05 Å². The van der Waals surface area contributed by atoms with Gasteiger partial charge in [-0.05, 0) is 19.1 Å². The first-order valence-electron chi connectivity index (χ1n) is 7.26. The molecule has 0 aliphatic carbocycles. The van der Waals surface area contributed by atoms with E-state index in [-0.39, 0.29) is 11.3 Å². The van der Waals surface area contributed by atoms with Gasteiger partial charge in [-0.25, -0.2) is 4.98 Å². The standard InChI is InChI=1S/C16H22N4O2/c1-6-22-15-11(8-7-9-17-15)14(21)18-13-10-12(16(2,3)4)19-20(13)5/h7-10H,6H2,1-5H3,(H,18,21). The average Bonchev–Trinajstić information content (AvgIpc) is 2.81. The Morgan fingerprint density at radius 3 is 2.73 bits per heavy atom. The van der Waals surface area contributed by atoms with Crippen molar-refractivity contribution < 1.29 is 9.53 Å². The highest BCUT2D eigenvalue weighted by atomic mass is 16.5. The van der Waals surface area contributed by atoms with Crippen LogP contribution in [0.2, 0.25) is 0 Å². The molecule has 0 aliphatic heterocycles. The maximum absolute atomic E-state index is 12.4. The SMILES string of the molecule is CCOc1ncccc1C(=O)Nc1cc(C(C)(C)C)nn1C. The minimum atomic E-state index is -0.264. The van der Waals surface area contributed by atoms with E-state index in [2.05, 4.69) is 36.2 Å². The second-order valence-electron chi connectivity index (χ2n) is 6.03. The van der Waals surface area contributed by atoms with Crippen molar-refractivity contribution in [3.63, 3.8) is 0 Å². The third-order valence-electron chi connectivity index (χ3n) is 3.19. The molecule has 1 N–H and O–H groups in total. The lowest BCUT2D eigenvalue weighted by Crippen LogP contribution is -2.16. The third-order valence-corrected chi connectivity index (χ3v) is 3.19. The van der Waals surface area contributed by atoms with Gasteiger partial charge in [0.15, 0.2) is 0 Å². The van der Waals surface area contributed by atoms with E-state index in [1.807, 2.05) is 13.0 Å². The van der Waals surface area contributed by atoms with Crippen molar-refractivity contribution in [2.45, 2.75) is 33.1 Å². The predicted octanol–water partition coefficient (Wildman–Crippen LogP) is 2.76. The number of rotatable bonds is 4. The van der Waals surface area contributed by atoms with E-state index in [4.69, 9.17) is 4.74 Å². The number of pyridine rings is 1. The molecule has 22 heavy (non-hydrogen) atoms. The predicted molar refractivity (Wildman–Crippen MR) is 85.3 cm³/mol. The van der Waals surface area contributed by atoms with Gasteiger partial charge < -0.3 is 10.1 Å². The van der Waals surface area contributed by atoms with Crippen LogP contribution in [-0.2, 0) is 12.5 Å². The Morgan fingerprint density at radius 2 is 2.14 bits per heavy atom. The lowest BCUT2D eigenvalue weighted by Gasteiger charge is -2.13. The summed E-state index contributed by atoms with van der Waals surface area (Å²) >= 11 is 0. The topological polar surface area (TPSA) is 69.0 Å². The van der Waals surface area contributed by atoms with Crippen LogP contribution in [-0.4, -0.2) is 27.3 Å². The van der Waals surface area contributed by atoms with E-state index in [9.17, 15) is 4.79 Å². The molecule has 0 fully saturated rings. The summed E-state index contributed by atoms with van der Waals surface area (Å²) in [6, 6.07) is 5.28. The summed E-state index contributed by atoms with van der Waals surface area (Å²) in [7, 11) is 1.80. The number of aromatic nitrogens is 3. The fraction of sp³-hybridized carbons (Fsp3) is 0.438. The van der Waals surface area contributed by atoms with E-state index in [0.717, 1.165) is 5.69 Å². The van der Waals surface area contributed by atoms with Crippen LogP contribution in [0.4, 0.5) is 5.82 Å². The Hall–Kier alpha value is -2.37. The van der Waals surface area contributed by atoms with E-state index < -0.39 is 0 Å². The van der Waals surface area contributed by atoms with Crippen LogP contribution in [0, 0.1) is 0 Å². The summed E-state index contributed by atoms with van der Waals surface area (Å²) in [6.07, 6.45) is 1.60. The number of hydrogen-bond acceptors (Lipinski definition) is 4. The number of nitrogens with zero attached hydrogens (tertiary/aromatic N) is 3. The zero-order chi connectivity index (χ0) is 16.3. The first-order chi connectivity index (χ1) is 10.3. The lowest BCUT2D eigenvalue weighted by molar-refractivity contribution is 0.102. The lowest BCUT2D eigenvalue weighted by atomic mass is 9.92. The molecule has 0 aliphatic rings. The first kappa shape index (κ1) is 16.0. The Morgan fingerprint density at radius 1 is 1.41 bits per heavy atom. The van der Waals surface area contributed by atoms with Crippen LogP contribution in [0.3, 0.4) is 0 Å². The molecule has 2 rings (SSSR count). The van der Waals surface area contributed by atoms with Crippen LogP contribution in [0.1, 0.15) is 43.7 Å². The molecule has 0 saturated carbocycles. The second kappa shape index (κ2) is 6.17. The number of carbonyl (C=O) groups is 1. The smallest absolute Gasteiger partial charge is 0.262 e. The molecule has 0 bridgehead atoms. The Labute approximate surface area is 130 Å². The molecule has 2 aromatic rings. The van der Waals surface area contributed by atoms with E-state index in [1.54, 1.807) is 30.1 Å². The summed E-state index contributed by atoms with van der Waals surface area (Å²) in [5.41, 5.74) is 1.25. The average molecular weight is 302 g/mol. The second-order valence-corrected chi connectivity index (χ2v) is 6.03. The van der Waals surface area contributed by atoms with Crippen molar-refractivity contribution in [1.82, 2.24) is 14.8 Å². The fourth-order valence-corrected chi connectivity index (χ4v) is 1.95. The number of aryl methyl sites for hydroxylation is 1. The quantitative estimate of drug-likeness (QED) is 0.943. The van der Waals surface area contributed by atoms with Crippen LogP contribution < -0.4 is 10.1 Å². The van der Waals surface area contributed by atoms with Crippen molar-refractivity contribution in [3.8, 4) is 5.88 Å². The fourth-order valence-electron chi connectivity index (χ4n) is 1.95. The molecule has 2 heterocycles. The minimum absolute atomic E-state index is 0.0779. The molecule has 1 amide bonds. The number of nitrogens with one attached hydrogen (secondary N) is 1. The maximum Gasteiger partial charge on any atom is 0.262 e. The summed E-state index contributed by atoms with van der Waals surface area (Å²) in [5, 5.41) is 7.30. The van der Waals surface area contributed by atoms with E-state index >= 15 is 0 Å².